The van der Waals surface area contributed by atoms with Crippen LogP contribution in [0.5, 0.6) is 0 Å². The summed E-state index contributed by atoms with van der Waals surface area (Å²) in [6.07, 6.45) is 7.60. The number of hydrogen-bond donors (Lipinski definition) is 0. The van der Waals surface area contributed by atoms with E-state index in [1.807, 2.05) is 36.4 Å². The standard InChI is InChI=1S/C26H27FN2/c1-3-5-20-7-9-22(10-8-20)18-28-29-19-23-11-14-24(15-12-23)25-16-13-21(6-4-2)17-26(25)27/h7-19H,3-6H2,1-2H3. The number of benzene rings is 3. The van der Waals surface area contributed by atoms with Crippen molar-refractivity contribution in [3.05, 3.63) is 94.8 Å². The molecule has 0 aliphatic heterocycles. The molecule has 0 radical (unpaired) electrons. The number of rotatable bonds is 8. The highest BCUT2D eigenvalue weighted by Crippen LogP contribution is 2.24. The molecule has 3 aromatic carbocycles. The zero-order chi connectivity index (χ0) is 20.5. The number of nitrogens with zero attached hydrogens (tertiary/aromatic N) is 2. The van der Waals surface area contributed by atoms with Gasteiger partial charge in [-0.2, -0.15) is 10.2 Å². The maximum absolute atomic E-state index is 14.4. The van der Waals surface area contributed by atoms with E-state index in [2.05, 4.69) is 48.3 Å². The largest absolute Gasteiger partial charge is 0.206 e. The molecular weight excluding hydrogens is 359 g/mol. The van der Waals surface area contributed by atoms with Crippen molar-refractivity contribution in [3.63, 3.8) is 0 Å². The third-order valence-electron chi connectivity index (χ3n) is 4.79. The monoisotopic (exact) mass is 386 g/mol. The van der Waals surface area contributed by atoms with E-state index in [1.54, 1.807) is 18.5 Å². The van der Waals surface area contributed by atoms with Gasteiger partial charge in [-0.15, -0.1) is 0 Å². The zero-order valence-corrected chi connectivity index (χ0v) is 17.1. The lowest BCUT2D eigenvalue weighted by Gasteiger charge is -2.06. The molecule has 29 heavy (non-hydrogen) atoms. The first-order chi connectivity index (χ1) is 14.2. The van der Waals surface area contributed by atoms with Gasteiger partial charge in [0.15, 0.2) is 0 Å². The molecule has 3 heteroatoms. The first-order valence-corrected chi connectivity index (χ1v) is 10.2. The summed E-state index contributed by atoms with van der Waals surface area (Å²) in [6, 6.07) is 21.5. The van der Waals surface area contributed by atoms with Crippen molar-refractivity contribution in [1.82, 2.24) is 0 Å². The van der Waals surface area contributed by atoms with Gasteiger partial charge in [0.25, 0.3) is 0 Å². The molecule has 0 amide bonds. The van der Waals surface area contributed by atoms with Crippen molar-refractivity contribution < 1.29 is 4.39 Å². The van der Waals surface area contributed by atoms with Crippen molar-refractivity contribution in [2.75, 3.05) is 0 Å². The summed E-state index contributed by atoms with van der Waals surface area (Å²) in [5, 5.41) is 8.24. The Morgan fingerprint density at radius 1 is 0.690 bits per heavy atom. The highest BCUT2D eigenvalue weighted by Gasteiger charge is 2.06. The first kappa shape index (κ1) is 20.7. The number of hydrogen-bond acceptors (Lipinski definition) is 2. The Kier molecular flexibility index (Phi) is 7.46. The molecule has 148 valence electrons. The highest BCUT2D eigenvalue weighted by molar-refractivity contribution is 5.83. The summed E-state index contributed by atoms with van der Waals surface area (Å²) in [5.74, 6) is -0.174. The molecule has 2 nitrogen and oxygen atoms in total. The molecule has 0 saturated heterocycles. The van der Waals surface area contributed by atoms with Crippen molar-refractivity contribution >= 4 is 12.4 Å². The van der Waals surface area contributed by atoms with Gasteiger partial charge >= 0.3 is 0 Å². The lowest BCUT2D eigenvalue weighted by Crippen LogP contribution is -1.90. The third kappa shape index (κ3) is 5.95. The molecule has 3 rings (SSSR count). The van der Waals surface area contributed by atoms with Crippen molar-refractivity contribution in [1.29, 1.82) is 0 Å². The predicted octanol–water partition coefficient (Wildman–Crippen LogP) is 6.85. The van der Waals surface area contributed by atoms with Crippen molar-refractivity contribution in [2.45, 2.75) is 39.5 Å². The summed E-state index contributed by atoms with van der Waals surface area (Å²) in [5.41, 5.74) is 5.81. The molecule has 0 aliphatic rings. The maximum atomic E-state index is 14.4. The van der Waals surface area contributed by atoms with Crippen LogP contribution < -0.4 is 0 Å². The fourth-order valence-electron chi connectivity index (χ4n) is 3.24. The van der Waals surface area contributed by atoms with E-state index < -0.39 is 0 Å². The topological polar surface area (TPSA) is 24.7 Å². The van der Waals surface area contributed by atoms with Gasteiger partial charge in [0.1, 0.15) is 5.82 Å². The molecule has 0 heterocycles. The van der Waals surface area contributed by atoms with E-state index >= 15 is 0 Å². The van der Waals surface area contributed by atoms with E-state index in [9.17, 15) is 4.39 Å². The fourth-order valence-corrected chi connectivity index (χ4v) is 3.24. The quantitative estimate of drug-likeness (QED) is 0.299. The Labute approximate surface area is 172 Å². The Hall–Kier alpha value is -3.07. The summed E-state index contributed by atoms with van der Waals surface area (Å²) in [4.78, 5) is 0. The first-order valence-electron chi connectivity index (χ1n) is 10.2. The average molecular weight is 387 g/mol. The van der Waals surface area contributed by atoms with Gasteiger partial charge in [-0.05, 0) is 46.7 Å². The highest BCUT2D eigenvalue weighted by atomic mass is 19.1. The Morgan fingerprint density at radius 3 is 1.76 bits per heavy atom. The van der Waals surface area contributed by atoms with Gasteiger partial charge in [0, 0.05) is 5.56 Å². The minimum absolute atomic E-state index is 0.174. The molecule has 0 aliphatic carbocycles. The van der Waals surface area contributed by atoms with Crippen LogP contribution in [-0.4, -0.2) is 12.4 Å². The summed E-state index contributed by atoms with van der Waals surface area (Å²) in [6.45, 7) is 4.27. The maximum Gasteiger partial charge on any atom is 0.131 e. The molecular formula is C26H27FN2. The SMILES string of the molecule is CCCc1ccc(C=NN=Cc2ccc(-c3ccc(CCC)cc3F)cc2)cc1. The fraction of sp³-hybridized carbons (Fsp3) is 0.231. The van der Waals surface area contributed by atoms with Crippen LogP contribution in [0.25, 0.3) is 11.1 Å². The van der Waals surface area contributed by atoms with Crippen LogP contribution in [0.1, 0.15) is 48.9 Å². The summed E-state index contributed by atoms with van der Waals surface area (Å²) < 4.78 is 14.4. The lowest BCUT2D eigenvalue weighted by atomic mass is 10.0. The smallest absolute Gasteiger partial charge is 0.131 e. The second kappa shape index (κ2) is 10.5. The van der Waals surface area contributed by atoms with E-state index in [-0.39, 0.29) is 5.82 Å². The van der Waals surface area contributed by atoms with Crippen LogP contribution in [0.2, 0.25) is 0 Å². The van der Waals surface area contributed by atoms with E-state index in [0.717, 1.165) is 47.9 Å². The Balaban J connectivity index is 1.63. The van der Waals surface area contributed by atoms with E-state index in [4.69, 9.17) is 0 Å². The van der Waals surface area contributed by atoms with Gasteiger partial charge in [-0.1, -0.05) is 87.4 Å². The lowest BCUT2D eigenvalue weighted by molar-refractivity contribution is 0.628. The zero-order valence-electron chi connectivity index (χ0n) is 17.1. The Bertz CT molecular complexity index is 971. The van der Waals surface area contributed by atoms with Crippen molar-refractivity contribution in [2.24, 2.45) is 10.2 Å². The molecule has 0 fully saturated rings. The Morgan fingerprint density at radius 2 is 1.21 bits per heavy atom. The van der Waals surface area contributed by atoms with Crippen LogP contribution >= 0.6 is 0 Å². The van der Waals surface area contributed by atoms with Gasteiger partial charge in [-0.3, -0.25) is 0 Å². The van der Waals surface area contributed by atoms with Crippen LogP contribution in [0.4, 0.5) is 4.39 Å². The summed E-state index contributed by atoms with van der Waals surface area (Å²) in [7, 11) is 0. The third-order valence-corrected chi connectivity index (χ3v) is 4.79. The molecule has 0 atom stereocenters. The molecule has 0 N–H and O–H groups in total. The number of aryl methyl sites for hydroxylation is 2. The minimum Gasteiger partial charge on any atom is -0.206 e. The molecule has 3 aromatic rings. The average Bonchev–Trinajstić information content (AvgIpc) is 2.74. The van der Waals surface area contributed by atoms with Gasteiger partial charge in [-0.25, -0.2) is 4.39 Å². The van der Waals surface area contributed by atoms with Crippen molar-refractivity contribution in [3.8, 4) is 11.1 Å². The molecule has 0 saturated carbocycles. The summed E-state index contributed by atoms with van der Waals surface area (Å²) >= 11 is 0. The molecule has 0 aromatic heterocycles. The van der Waals surface area contributed by atoms with Crippen LogP contribution in [0, 0.1) is 5.82 Å². The second-order valence-corrected chi connectivity index (χ2v) is 7.17. The van der Waals surface area contributed by atoms with E-state index in [1.165, 1.54) is 5.56 Å². The number of halogens is 1. The van der Waals surface area contributed by atoms with Crippen LogP contribution in [-0.2, 0) is 12.8 Å². The predicted molar refractivity (Wildman–Crippen MR) is 121 cm³/mol. The van der Waals surface area contributed by atoms with Gasteiger partial charge in [0.05, 0.1) is 12.4 Å². The van der Waals surface area contributed by atoms with Crippen LogP contribution in [0.3, 0.4) is 0 Å². The minimum atomic E-state index is -0.174. The van der Waals surface area contributed by atoms with E-state index in [0.29, 0.717) is 5.56 Å². The second-order valence-electron chi connectivity index (χ2n) is 7.17. The van der Waals surface area contributed by atoms with Gasteiger partial charge < -0.3 is 0 Å². The molecule has 0 unspecified atom stereocenters. The normalized spacial score (nSPS) is 11.6. The molecule has 0 spiro atoms. The molecule has 0 bridgehead atoms. The van der Waals surface area contributed by atoms with Crippen LogP contribution in [0.15, 0.2) is 76.9 Å². The van der Waals surface area contributed by atoms with Gasteiger partial charge in [0.2, 0.25) is 0 Å².